The highest BCUT2D eigenvalue weighted by molar-refractivity contribution is 9.10. The van der Waals surface area contributed by atoms with E-state index >= 15 is 0 Å². The van der Waals surface area contributed by atoms with E-state index in [0.29, 0.717) is 19.2 Å². The Kier molecular flexibility index (Phi) is 4.47. The highest BCUT2D eigenvalue weighted by Crippen LogP contribution is 2.38. The lowest BCUT2D eigenvalue weighted by atomic mass is 10.3. The molecule has 1 aliphatic heterocycles. The molecule has 0 spiro atoms. The Hall–Kier alpha value is -1.51. The molecule has 0 amide bonds. The summed E-state index contributed by atoms with van der Waals surface area (Å²) in [6.45, 7) is 1.35. The second kappa shape index (κ2) is 6.50. The van der Waals surface area contributed by atoms with Crippen LogP contribution in [-0.4, -0.2) is 23.2 Å². The average molecular weight is 369 g/mol. The predicted octanol–water partition coefficient (Wildman–Crippen LogP) is 2.84. The van der Waals surface area contributed by atoms with E-state index in [4.69, 9.17) is 15.3 Å². The van der Waals surface area contributed by atoms with Crippen LogP contribution in [0.1, 0.15) is 6.42 Å². The van der Waals surface area contributed by atoms with Crippen LogP contribution in [0.15, 0.2) is 38.8 Å². The van der Waals surface area contributed by atoms with Crippen molar-refractivity contribution >= 4 is 33.6 Å². The van der Waals surface area contributed by atoms with Gasteiger partial charge in [-0.15, -0.1) is 0 Å². The van der Waals surface area contributed by atoms with Gasteiger partial charge in [0, 0.05) is 17.5 Å². The van der Waals surface area contributed by atoms with E-state index in [0.717, 1.165) is 32.3 Å². The number of nitrogens with zero attached hydrogens (tertiary/aromatic N) is 2. The number of hydrogen-bond acceptors (Lipinski definition) is 7. The van der Waals surface area contributed by atoms with Crippen LogP contribution in [0.25, 0.3) is 0 Å². The van der Waals surface area contributed by atoms with Crippen LogP contribution in [0.4, 0.5) is 5.95 Å². The molecule has 110 valence electrons. The van der Waals surface area contributed by atoms with Crippen molar-refractivity contribution in [3.63, 3.8) is 0 Å². The lowest BCUT2D eigenvalue weighted by Gasteiger charge is -2.09. The molecule has 1 aromatic carbocycles. The largest absolute Gasteiger partial charge is 0.490 e. The first-order chi connectivity index (χ1) is 10.3. The molecule has 6 nitrogen and oxygen atoms in total. The van der Waals surface area contributed by atoms with Gasteiger partial charge in [-0.25, -0.2) is 15.8 Å². The fraction of sp³-hybridized carbons (Fsp3) is 0.231. The number of hydrogen-bond donors (Lipinski definition) is 2. The van der Waals surface area contributed by atoms with Gasteiger partial charge in [-0.2, -0.15) is 0 Å². The van der Waals surface area contributed by atoms with Crippen LogP contribution in [0.2, 0.25) is 0 Å². The summed E-state index contributed by atoms with van der Waals surface area (Å²) in [5.74, 6) is 7.25. The Balaban J connectivity index is 1.86. The Bertz CT molecular complexity index is 656. The summed E-state index contributed by atoms with van der Waals surface area (Å²) in [6.07, 6.45) is 2.55. The number of halogens is 1. The van der Waals surface area contributed by atoms with Gasteiger partial charge in [-0.3, -0.25) is 5.43 Å². The van der Waals surface area contributed by atoms with E-state index in [9.17, 15) is 0 Å². The molecular weight excluding hydrogens is 356 g/mol. The average Bonchev–Trinajstić information content (AvgIpc) is 2.74. The molecule has 0 unspecified atom stereocenters. The lowest BCUT2D eigenvalue weighted by molar-refractivity contribution is 0.297. The molecule has 2 heterocycles. The number of anilines is 1. The Labute approximate surface area is 134 Å². The van der Waals surface area contributed by atoms with Gasteiger partial charge in [-0.05, 0) is 34.1 Å². The topological polar surface area (TPSA) is 82.3 Å². The maximum atomic E-state index is 5.69. The number of ether oxygens (including phenoxy) is 2. The van der Waals surface area contributed by atoms with Crippen molar-refractivity contribution in [2.75, 3.05) is 18.6 Å². The minimum atomic E-state index is 0.370. The molecule has 0 atom stereocenters. The van der Waals surface area contributed by atoms with E-state index in [1.54, 1.807) is 6.20 Å². The molecule has 0 saturated heterocycles. The summed E-state index contributed by atoms with van der Waals surface area (Å²) in [7, 11) is 0. The summed E-state index contributed by atoms with van der Waals surface area (Å²) in [5.41, 5.74) is 2.44. The van der Waals surface area contributed by atoms with Crippen LogP contribution in [0.5, 0.6) is 11.5 Å². The van der Waals surface area contributed by atoms with Crippen LogP contribution < -0.4 is 20.7 Å². The smallest absolute Gasteiger partial charge is 0.238 e. The molecule has 0 saturated carbocycles. The SMILES string of the molecule is NNc1ncc(Br)c(Sc2ccc3c(c2)OCCCO3)n1. The van der Waals surface area contributed by atoms with Gasteiger partial charge in [-0.1, -0.05) is 11.8 Å². The maximum Gasteiger partial charge on any atom is 0.238 e. The third-order valence-corrected chi connectivity index (χ3v) is 4.61. The highest BCUT2D eigenvalue weighted by atomic mass is 79.9. The molecule has 1 aromatic heterocycles. The second-order valence-corrected chi connectivity index (χ2v) is 6.17. The molecule has 3 rings (SSSR count). The van der Waals surface area contributed by atoms with Crippen molar-refractivity contribution < 1.29 is 9.47 Å². The zero-order valence-electron chi connectivity index (χ0n) is 11.0. The molecular formula is C13H13BrN4O2S. The van der Waals surface area contributed by atoms with Crippen LogP contribution in [-0.2, 0) is 0 Å². The predicted molar refractivity (Wildman–Crippen MR) is 83.7 cm³/mol. The van der Waals surface area contributed by atoms with Crippen molar-refractivity contribution in [2.45, 2.75) is 16.3 Å². The molecule has 3 N–H and O–H groups in total. The van der Waals surface area contributed by atoms with Crippen molar-refractivity contribution in [1.82, 2.24) is 9.97 Å². The molecule has 0 fully saturated rings. The molecule has 0 aliphatic carbocycles. The summed E-state index contributed by atoms with van der Waals surface area (Å²) >= 11 is 4.93. The second-order valence-electron chi connectivity index (χ2n) is 4.25. The number of hydrazine groups is 1. The van der Waals surface area contributed by atoms with E-state index in [2.05, 4.69) is 31.3 Å². The molecule has 8 heteroatoms. The van der Waals surface area contributed by atoms with E-state index in [1.807, 2.05) is 18.2 Å². The van der Waals surface area contributed by atoms with Crippen molar-refractivity contribution in [2.24, 2.45) is 5.84 Å². The summed E-state index contributed by atoms with van der Waals surface area (Å²) < 4.78 is 12.1. The van der Waals surface area contributed by atoms with Crippen LogP contribution >= 0.6 is 27.7 Å². The Morgan fingerprint density at radius 3 is 2.86 bits per heavy atom. The number of fused-ring (bicyclic) bond motifs is 1. The quantitative estimate of drug-likeness (QED) is 0.489. The number of rotatable bonds is 3. The van der Waals surface area contributed by atoms with E-state index in [-0.39, 0.29) is 0 Å². The third-order valence-electron chi connectivity index (χ3n) is 2.77. The van der Waals surface area contributed by atoms with Crippen molar-refractivity contribution in [3.8, 4) is 11.5 Å². The number of benzene rings is 1. The first kappa shape index (κ1) is 14.4. The van der Waals surface area contributed by atoms with Gasteiger partial charge < -0.3 is 9.47 Å². The van der Waals surface area contributed by atoms with E-state index < -0.39 is 0 Å². The van der Waals surface area contributed by atoms with Crippen LogP contribution in [0, 0.1) is 0 Å². The first-order valence-electron chi connectivity index (χ1n) is 6.33. The van der Waals surface area contributed by atoms with Crippen molar-refractivity contribution in [1.29, 1.82) is 0 Å². The number of nitrogen functional groups attached to an aromatic ring is 1. The van der Waals surface area contributed by atoms with Gasteiger partial charge in [0.25, 0.3) is 0 Å². The Morgan fingerprint density at radius 1 is 1.24 bits per heavy atom. The highest BCUT2D eigenvalue weighted by Gasteiger charge is 2.13. The minimum absolute atomic E-state index is 0.370. The standard InChI is InChI=1S/C13H13BrN4O2S/c14-9-7-16-13(18-15)17-12(9)21-8-2-3-10-11(6-8)20-5-1-4-19-10/h2-3,6-7H,1,4-5,15H2,(H,16,17,18). The minimum Gasteiger partial charge on any atom is -0.490 e. The van der Waals surface area contributed by atoms with Crippen LogP contribution in [0.3, 0.4) is 0 Å². The molecule has 1 aliphatic rings. The Morgan fingerprint density at radius 2 is 2.05 bits per heavy atom. The normalized spacial score (nSPS) is 13.6. The third kappa shape index (κ3) is 3.39. The zero-order chi connectivity index (χ0) is 14.7. The monoisotopic (exact) mass is 368 g/mol. The van der Waals surface area contributed by atoms with Crippen molar-refractivity contribution in [3.05, 3.63) is 28.9 Å². The summed E-state index contributed by atoms with van der Waals surface area (Å²) in [4.78, 5) is 9.34. The molecule has 0 radical (unpaired) electrons. The summed E-state index contributed by atoms with van der Waals surface area (Å²) in [6, 6.07) is 5.85. The van der Waals surface area contributed by atoms with Gasteiger partial charge in [0.1, 0.15) is 5.03 Å². The number of aromatic nitrogens is 2. The molecule has 21 heavy (non-hydrogen) atoms. The van der Waals surface area contributed by atoms with Gasteiger partial charge >= 0.3 is 0 Å². The molecule has 0 bridgehead atoms. The number of nitrogens with one attached hydrogen (secondary N) is 1. The van der Waals surface area contributed by atoms with E-state index in [1.165, 1.54) is 11.8 Å². The zero-order valence-corrected chi connectivity index (χ0v) is 13.4. The fourth-order valence-electron chi connectivity index (χ4n) is 1.81. The molecule has 2 aromatic rings. The first-order valence-corrected chi connectivity index (χ1v) is 7.94. The van der Waals surface area contributed by atoms with Gasteiger partial charge in [0.05, 0.1) is 17.7 Å². The van der Waals surface area contributed by atoms with Gasteiger partial charge in [0.15, 0.2) is 11.5 Å². The number of nitrogens with two attached hydrogens (primary N) is 1. The summed E-state index contributed by atoms with van der Waals surface area (Å²) in [5, 5.41) is 0.771. The maximum absolute atomic E-state index is 5.69. The van der Waals surface area contributed by atoms with Gasteiger partial charge in [0.2, 0.25) is 5.95 Å². The fourth-order valence-corrected chi connectivity index (χ4v) is 3.05. The lowest BCUT2D eigenvalue weighted by Crippen LogP contribution is -2.10.